The van der Waals surface area contributed by atoms with Crippen LogP contribution in [0.15, 0.2) is 12.4 Å². The maximum atomic E-state index is 9.93. The molecule has 0 fully saturated rings. The Morgan fingerprint density at radius 3 is 3.00 bits per heavy atom. The smallest absolute Gasteiger partial charge is 0.329 e. The van der Waals surface area contributed by atoms with Crippen LogP contribution in [-0.4, -0.2) is 31.3 Å². The van der Waals surface area contributed by atoms with Crippen LogP contribution in [0, 0.1) is 0 Å². The Hall–Kier alpha value is -1.72. The first-order chi connectivity index (χ1) is 4.79. The molecule has 0 aromatic carbocycles. The summed E-state index contributed by atoms with van der Waals surface area (Å²) in [6, 6.07) is 0. The lowest BCUT2D eigenvalue weighted by molar-refractivity contribution is -0.131. The second-order valence-corrected chi connectivity index (χ2v) is 1.44. The van der Waals surface area contributed by atoms with Gasteiger partial charge in [0.05, 0.1) is 0 Å². The summed E-state index contributed by atoms with van der Waals surface area (Å²) in [5.41, 5.74) is 0. The number of rotatable bonds is 2. The molecule has 1 N–H and O–H groups in total. The van der Waals surface area contributed by atoms with Crippen LogP contribution in [0.5, 0.6) is 0 Å². The third kappa shape index (κ3) is 1.66. The molecular formula is C4H4N4O2. The van der Waals surface area contributed by atoms with Gasteiger partial charge in [0.1, 0.15) is 6.33 Å². The predicted octanol–water partition coefficient (Wildman–Crippen LogP) is -0.772. The van der Waals surface area contributed by atoms with E-state index in [0.29, 0.717) is 0 Å². The predicted molar refractivity (Wildman–Crippen MR) is 30.8 cm³/mol. The molecule has 0 spiro atoms. The molecule has 0 saturated carbocycles. The molecule has 0 unspecified atom stereocenters. The minimum Gasteiger partial charge on any atom is -0.478 e. The van der Waals surface area contributed by atoms with Gasteiger partial charge in [0.2, 0.25) is 0 Å². The second kappa shape index (κ2) is 2.72. The molecule has 1 heterocycles. The van der Waals surface area contributed by atoms with E-state index in [1.54, 1.807) is 0 Å². The largest absolute Gasteiger partial charge is 0.478 e. The maximum Gasteiger partial charge on any atom is 0.329 e. The zero-order valence-corrected chi connectivity index (χ0v) is 4.88. The molecule has 0 amide bonds. The van der Waals surface area contributed by atoms with Crippen molar-refractivity contribution in [3.63, 3.8) is 0 Å². The van der Waals surface area contributed by atoms with Gasteiger partial charge in [0.25, 0.3) is 0 Å². The van der Waals surface area contributed by atoms with E-state index >= 15 is 0 Å². The number of hydrogen-bond acceptors (Lipinski definition) is 4. The minimum atomic E-state index is -1.03. The third-order valence-corrected chi connectivity index (χ3v) is 0.735. The van der Waals surface area contributed by atoms with E-state index in [1.165, 1.54) is 17.2 Å². The van der Waals surface area contributed by atoms with Crippen molar-refractivity contribution in [1.82, 2.24) is 20.2 Å². The van der Waals surface area contributed by atoms with Crippen LogP contribution in [-0.2, 0) is 4.79 Å². The van der Waals surface area contributed by atoms with E-state index in [-0.39, 0.29) is 0 Å². The Balaban J connectivity index is 2.64. The molecule has 0 atom stereocenters. The molecule has 0 bridgehead atoms. The van der Waals surface area contributed by atoms with Gasteiger partial charge in [-0.05, 0) is 10.4 Å². The Morgan fingerprint density at radius 1 is 1.70 bits per heavy atom. The molecule has 0 aliphatic rings. The highest BCUT2D eigenvalue weighted by atomic mass is 16.4. The Kier molecular flexibility index (Phi) is 1.74. The van der Waals surface area contributed by atoms with Gasteiger partial charge < -0.3 is 5.11 Å². The average molecular weight is 140 g/mol. The topological polar surface area (TPSA) is 80.9 Å². The summed E-state index contributed by atoms with van der Waals surface area (Å²) in [5.74, 6) is -1.03. The van der Waals surface area contributed by atoms with Gasteiger partial charge in [-0.2, -0.15) is 0 Å². The van der Waals surface area contributed by atoms with Crippen LogP contribution < -0.4 is 0 Å². The summed E-state index contributed by atoms with van der Waals surface area (Å²) in [5, 5.41) is 18.1. The van der Waals surface area contributed by atoms with Crippen LogP contribution >= 0.6 is 0 Å². The fraction of sp³-hybridized carbons (Fsp3) is 0. The number of aromatic nitrogens is 4. The Labute approximate surface area is 55.8 Å². The van der Waals surface area contributed by atoms with Gasteiger partial charge in [0, 0.05) is 12.3 Å². The van der Waals surface area contributed by atoms with Crippen molar-refractivity contribution in [2.24, 2.45) is 0 Å². The fourth-order valence-corrected chi connectivity index (χ4v) is 0.377. The first-order valence-electron chi connectivity index (χ1n) is 2.42. The molecule has 1 aromatic rings. The van der Waals surface area contributed by atoms with Crippen LogP contribution in [0.2, 0.25) is 0 Å². The lowest BCUT2D eigenvalue weighted by Gasteiger charge is -1.81. The van der Waals surface area contributed by atoms with Gasteiger partial charge in [-0.25, -0.2) is 9.48 Å². The Morgan fingerprint density at radius 2 is 2.50 bits per heavy atom. The van der Waals surface area contributed by atoms with Gasteiger partial charge in [-0.1, -0.05) is 0 Å². The number of hydrogen-bond donors (Lipinski definition) is 1. The molecule has 6 nitrogen and oxygen atoms in total. The van der Waals surface area contributed by atoms with Crippen molar-refractivity contribution in [2.45, 2.75) is 0 Å². The summed E-state index contributed by atoms with van der Waals surface area (Å²) < 4.78 is 1.19. The highest BCUT2D eigenvalue weighted by Gasteiger charge is 1.86. The van der Waals surface area contributed by atoms with Crippen molar-refractivity contribution in [2.75, 3.05) is 0 Å². The van der Waals surface area contributed by atoms with E-state index in [4.69, 9.17) is 5.11 Å². The average Bonchev–Trinajstić information content (AvgIpc) is 2.34. The van der Waals surface area contributed by atoms with Crippen LogP contribution in [0.4, 0.5) is 0 Å². The molecule has 1 aromatic heterocycles. The molecular weight excluding hydrogens is 136 g/mol. The van der Waals surface area contributed by atoms with Crippen molar-refractivity contribution in [3.8, 4) is 0 Å². The van der Waals surface area contributed by atoms with E-state index in [1.807, 2.05) is 0 Å². The zero-order chi connectivity index (χ0) is 7.40. The van der Waals surface area contributed by atoms with Gasteiger partial charge in [-0.15, -0.1) is 5.10 Å². The summed E-state index contributed by atoms with van der Waals surface area (Å²) in [6.07, 6.45) is 3.47. The summed E-state index contributed by atoms with van der Waals surface area (Å²) in [6.45, 7) is 0. The van der Waals surface area contributed by atoms with E-state index in [0.717, 1.165) is 6.08 Å². The highest BCUT2D eigenvalue weighted by molar-refractivity contribution is 5.82. The molecule has 0 aliphatic carbocycles. The summed E-state index contributed by atoms with van der Waals surface area (Å²) in [4.78, 5) is 9.93. The zero-order valence-electron chi connectivity index (χ0n) is 4.88. The number of carboxylic acids is 1. The summed E-state index contributed by atoms with van der Waals surface area (Å²) in [7, 11) is 0. The van der Waals surface area contributed by atoms with Crippen LogP contribution in [0.3, 0.4) is 0 Å². The third-order valence-electron chi connectivity index (χ3n) is 0.735. The first-order valence-corrected chi connectivity index (χ1v) is 2.42. The molecule has 0 saturated heterocycles. The monoisotopic (exact) mass is 140 g/mol. The quantitative estimate of drug-likeness (QED) is 0.545. The van der Waals surface area contributed by atoms with Gasteiger partial charge >= 0.3 is 5.97 Å². The Bertz CT molecular complexity index is 240. The molecule has 0 aliphatic heterocycles. The minimum absolute atomic E-state index is 0.941. The van der Waals surface area contributed by atoms with Crippen LogP contribution in [0.25, 0.3) is 6.20 Å². The van der Waals surface area contributed by atoms with Gasteiger partial charge in [0.15, 0.2) is 0 Å². The first kappa shape index (κ1) is 6.40. The number of nitrogens with zero attached hydrogens (tertiary/aromatic N) is 4. The van der Waals surface area contributed by atoms with Gasteiger partial charge in [-0.3, -0.25) is 0 Å². The van der Waals surface area contributed by atoms with E-state index in [2.05, 4.69) is 15.5 Å². The van der Waals surface area contributed by atoms with E-state index < -0.39 is 5.97 Å². The van der Waals surface area contributed by atoms with Crippen molar-refractivity contribution >= 4 is 12.2 Å². The highest BCUT2D eigenvalue weighted by Crippen LogP contribution is 1.78. The molecule has 10 heavy (non-hydrogen) atoms. The lowest BCUT2D eigenvalue weighted by Crippen LogP contribution is -1.91. The number of tetrazole rings is 1. The van der Waals surface area contributed by atoms with Crippen molar-refractivity contribution < 1.29 is 9.90 Å². The normalized spacial score (nSPS) is 10.4. The molecule has 0 radical (unpaired) electrons. The number of aliphatic carboxylic acids is 1. The number of carboxylic acid groups (broad SMARTS) is 1. The molecule has 52 valence electrons. The standard InChI is InChI=1S/C4H4N4O2/c9-4(10)1-2-8-3-5-6-7-8/h1-3H,(H,9,10). The fourth-order valence-electron chi connectivity index (χ4n) is 0.377. The number of carbonyl (C=O) groups is 1. The van der Waals surface area contributed by atoms with Crippen molar-refractivity contribution in [1.29, 1.82) is 0 Å². The molecule has 6 heteroatoms. The lowest BCUT2D eigenvalue weighted by atomic mass is 10.6. The summed E-state index contributed by atoms with van der Waals surface area (Å²) >= 11 is 0. The SMILES string of the molecule is O=C(O)C=Cn1cnnn1. The maximum absolute atomic E-state index is 9.93. The van der Waals surface area contributed by atoms with Crippen LogP contribution in [0.1, 0.15) is 0 Å². The van der Waals surface area contributed by atoms with E-state index in [9.17, 15) is 4.79 Å². The molecule has 1 rings (SSSR count). The van der Waals surface area contributed by atoms with Crippen molar-refractivity contribution in [3.05, 3.63) is 12.4 Å². The second-order valence-electron chi connectivity index (χ2n) is 1.44.